The van der Waals surface area contributed by atoms with Crippen molar-refractivity contribution >= 4 is 12.4 Å². The first-order valence-electron chi connectivity index (χ1n) is 4.50. The quantitative estimate of drug-likeness (QED) is 0.588. The fourth-order valence-corrected chi connectivity index (χ4v) is 1.12. The van der Waals surface area contributed by atoms with Crippen molar-refractivity contribution in [1.29, 1.82) is 0 Å². The Balaban J connectivity index is 2.56. The van der Waals surface area contributed by atoms with Crippen LogP contribution >= 0.6 is 0 Å². The van der Waals surface area contributed by atoms with E-state index in [4.69, 9.17) is 9.47 Å². The van der Waals surface area contributed by atoms with Crippen molar-refractivity contribution in [3.63, 3.8) is 0 Å². The van der Waals surface area contributed by atoms with Crippen molar-refractivity contribution in [2.75, 3.05) is 13.2 Å². The van der Waals surface area contributed by atoms with Gasteiger partial charge in [0.1, 0.15) is 5.60 Å². The van der Waals surface area contributed by atoms with Crippen LogP contribution in [0.2, 0.25) is 0 Å². The van der Waals surface area contributed by atoms with Crippen molar-refractivity contribution in [3.05, 3.63) is 0 Å². The first-order valence-corrected chi connectivity index (χ1v) is 4.50. The van der Waals surface area contributed by atoms with E-state index in [1.807, 2.05) is 0 Å². The molecule has 1 unspecified atom stereocenters. The molecule has 0 aromatic heterocycles. The Morgan fingerprint density at radius 1 is 1.57 bits per heavy atom. The van der Waals surface area contributed by atoms with Gasteiger partial charge in [-0.15, -0.1) is 0 Å². The van der Waals surface area contributed by atoms with Gasteiger partial charge in [0.25, 0.3) is 0 Å². The summed E-state index contributed by atoms with van der Waals surface area (Å²) in [5.41, 5.74) is -0.549. The van der Waals surface area contributed by atoms with E-state index in [2.05, 4.69) is 0 Å². The van der Waals surface area contributed by atoms with E-state index >= 15 is 0 Å². The van der Waals surface area contributed by atoms with Crippen LogP contribution in [0, 0.1) is 0 Å². The van der Waals surface area contributed by atoms with Crippen molar-refractivity contribution < 1.29 is 19.1 Å². The van der Waals surface area contributed by atoms with Gasteiger partial charge in [0, 0.05) is 0 Å². The third-order valence-electron chi connectivity index (χ3n) is 1.67. The van der Waals surface area contributed by atoms with Crippen LogP contribution < -0.4 is 0 Å². The molecule has 5 heteroatoms. The highest BCUT2D eigenvalue weighted by molar-refractivity contribution is 5.73. The molecule has 80 valence electrons. The van der Waals surface area contributed by atoms with Crippen molar-refractivity contribution in [3.8, 4) is 0 Å². The Kier molecular flexibility index (Phi) is 3.10. The number of hydrogen-bond acceptors (Lipinski definition) is 4. The number of hydrogen-bond donors (Lipinski definition) is 0. The van der Waals surface area contributed by atoms with E-state index in [0.29, 0.717) is 19.4 Å². The van der Waals surface area contributed by atoms with Gasteiger partial charge >= 0.3 is 6.09 Å². The maximum Gasteiger partial charge on any atom is 0.412 e. The van der Waals surface area contributed by atoms with Gasteiger partial charge in [-0.1, -0.05) is 0 Å². The Bertz CT molecular complexity index is 233. The molecule has 0 N–H and O–H groups in total. The van der Waals surface area contributed by atoms with Crippen LogP contribution in [0.4, 0.5) is 4.79 Å². The summed E-state index contributed by atoms with van der Waals surface area (Å²) in [5.74, 6) is 0. The summed E-state index contributed by atoms with van der Waals surface area (Å²) in [6.07, 6.45) is -0.700. The molecule has 1 heterocycles. The lowest BCUT2D eigenvalue weighted by Crippen LogP contribution is -2.40. The van der Waals surface area contributed by atoms with Gasteiger partial charge in [-0.05, 0) is 20.8 Å². The largest absolute Gasteiger partial charge is 0.444 e. The normalized spacial score (nSPS) is 22.2. The first kappa shape index (κ1) is 11.0. The minimum absolute atomic E-state index is 0.378. The molecule has 14 heavy (non-hydrogen) atoms. The zero-order chi connectivity index (χ0) is 10.8. The molecule has 0 saturated carbocycles. The van der Waals surface area contributed by atoms with E-state index < -0.39 is 17.9 Å². The minimum Gasteiger partial charge on any atom is -0.444 e. The predicted octanol–water partition coefficient (Wildman–Crippen LogP) is 0.779. The highest BCUT2D eigenvalue weighted by Gasteiger charge is 2.32. The summed E-state index contributed by atoms with van der Waals surface area (Å²) in [4.78, 5) is 23.3. The highest BCUT2D eigenvalue weighted by atomic mass is 16.6. The molecule has 1 saturated heterocycles. The molecular weight excluding hydrogens is 186 g/mol. The Labute approximate surface area is 83.0 Å². The molecule has 0 aromatic carbocycles. The van der Waals surface area contributed by atoms with Crippen molar-refractivity contribution in [2.24, 2.45) is 0 Å². The van der Waals surface area contributed by atoms with Gasteiger partial charge in [-0.25, -0.2) is 4.79 Å². The number of carbonyl (C=O) groups is 2. The summed E-state index contributed by atoms with van der Waals surface area (Å²) in [6.45, 7) is 6.11. The van der Waals surface area contributed by atoms with Crippen LogP contribution in [0.25, 0.3) is 0 Å². The minimum atomic E-state index is -0.787. The first-order chi connectivity index (χ1) is 6.44. The lowest BCUT2D eigenvalue weighted by Gasteiger charge is -2.25. The molecule has 1 fully saturated rings. The van der Waals surface area contributed by atoms with Gasteiger partial charge in [0.05, 0.1) is 13.2 Å². The highest BCUT2D eigenvalue weighted by Crippen LogP contribution is 2.14. The molecule has 0 aliphatic carbocycles. The standard InChI is InChI=1S/C9H15NO4/c1-9(2,3)14-8(12)10-4-5-13-7(10)6-11/h6-7H,4-5H2,1-3H3. The molecule has 0 radical (unpaired) electrons. The third kappa shape index (κ3) is 2.70. The van der Waals surface area contributed by atoms with Gasteiger partial charge in [-0.3, -0.25) is 9.69 Å². The molecule has 0 bridgehead atoms. The second-order valence-electron chi connectivity index (χ2n) is 4.07. The summed E-state index contributed by atoms with van der Waals surface area (Å²) in [6, 6.07) is 0. The second-order valence-corrected chi connectivity index (χ2v) is 4.07. The monoisotopic (exact) mass is 201 g/mol. The number of carbonyl (C=O) groups excluding carboxylic acids is 2. The molecule has 0 aromatic rings. The fraction of sp³-hybridized carbons (Fsp3) is 0.778. The smallest absolute Gasteiger partial charge is 0.412 e. The fourth-order valence-electron chi connectivity index (χ4n) is 1.12. The molecule has 0 spiro atoms. The number of amides is 1. The molecule has 1 aliphatic rings. The van der Waals surface area contributed by atoms with E-state index in [0.717, 1.165) is 0 Å². The number of nitrogens with zero attached hydrogens (tertiary/aromatic N) is 1. The van der Waals surface area contributed by atoms with Gasteiger partial charge in [0.15, 0.2) is 12.5 Å². The predicted molar refractivity (Wildman–Crippen MR) is 48.7 cm³/mol. The maximum absolute atomic E-state index is 11.5. The van der Waals surface area contributed by atoms with Crippen LogP contribution in [0.1, 0.15) is 20.8 Å². The number of rotatable bonds is 1. The van der Waals surface area contributed by atoms with Gasteiger partial charge < -0.3 is 9.47 Å². The van der Waals surface area contributed by atoms with E-state index in [9.17, 15) is 9.59 Å². The summed E-state index contributed by atoms with van der Waals surface area (Å²) >= 11 is 0. The van der Waals surface area contributed by atoms with Crippen LogP contribution in [-0.4, -0.2) is 42.3 Å². The van der Waals surface area contributed by atoms with Crippen molar-refractivity contribution in [2.45, 2.75) is 32.6 Å². The molecular formula is C9H15NO4. The van der Waals surface area contributed by atoms with E-state index in [-0.39, 0.29) is 0 Å². The summed E-state index contributed by atoms with van der Waals surface area (Å²) in [7, 11) is 0. The van der Waals surface area contributed by atoms with E-state index in [1.54, 1.807) is 20.8 Å². The Morgan fingerprint density at radius 2 is 2.21 bits per heavy atom. The summed E-state index contributed by atoms with van der Waals surface area (Å²) in [5, 5.41) is 0. The zero-order valence-corrected chi connectivity index (χ0v) is 8.65. The average Bonchev–Trinajstić information content (AvgIpc) is 2.47. The average molecular weight is 201 g/mol. The van der Waals surface area contributed by atoms with E-state index in [1.165, 1.54) is 4.90 Å². The molecule has 1 rings (SSSR count). The third-order valence-corrected chi connectivity index (χ3v) is 1.67. The van der Waals surface area contributed by atoms with Crippen LogP contribution in [0.15, 0.2) is 0 Å². The molecule has 1 atom stereocenters. The maximum atomic E-state index is 11.5. The lowest BCUT2D eigenvalue weighted by molar-refractivity contribution is -0.121. The molecule has 1 aliphatic heterocycles. The molecule has 1 amide bonds. The SMILES string of the molecule is CC(C)(C)OC(=O)N1CCOC1C=O. The van der Waals surface area contributed by atoms with Gasteiger partial charge in [-0.2, -0.15) is 0 Å². The topological polar surface area (TPSA) is 55.8 Å². The zero-order valence-electron chi connectivity index (χ0n) is 8.65. The van der Waals surface area contributed by atoms with Crippen LogP contribution in [-0.2, 0) is 14.3 Å². The van der Waals surface area contributed by atoms with Gasteiger partial charge in [0.2, 0.25) is 0 Å². The van der Waals surface area contributed by atoms with Crippen molar-refractivity contribution in [1.82, 2.24) is 4.90 Å². The number of ether oxygens (including phenoxy) is 2. The number of aldehydes is 1. The van der Waals surface area contributed by atoms with Crippen LogP contribution in [0.5, 0.6) is 0 Å². The Hall–Kier alpha value is -1.10. The Morgan fingerprint density at radius 3 is 2.71 bits per heavy atom. The summed E-state index contributed by atoms with van der Waals surface area (Å²) < 4.78 is 10.1. The second kappa shape index (κ2) is 3.96. The molecule has 5 nitrogen and oxygen atoms in total. The van der Waals surface area contributed by atoms with Crippen LogP contribution in [0.3, 0.4) is 0 Å². The lowest BCUT2D eigenvalue weighted by atomic mass is 10.2.